The summed E-state index contributed by atoms with van der Waals surface area (Å²) in [5, 5.41) is 10.4. The molecule has 1 aromatic carbocycles. The molecule has 4 rings (SSSR count). The molecule has 1 aliphatic carbocycles. The Balaban J connectivity index is 1.68. The molecule has 1 saturated carbocycles. The van der Waals surface area contributed by atoms with Gasteiger partial charge >= 0.3 is 6.36 Å². The molecule has 218 valence electrons. The Bertz CT molecular complexity index is 1300. The average Bonchev–Trinajstić information content (AvgIpc) is 2.80. The van der Waals surface area contributed by atoms with Gasteiger partial charge in [-0.3, -0.25) is 9.53 Å². The summed E-state index contributed by atoms with van der Waals surface area (Å²) in [6.07, 6.45) is -4.06. The van der Waals surface area contributed by atoms with Gasteiger partial charge in [-0.15, -0.1) is 13.2 Å². The molecule has 2 aromatic rings. The monoisotopic (exact) mass is 582 g/mol. The lowest BCUT2D eigenvalue weighted by molar-refractivity contribution is -0.360. The fraction of sp³-hybridized carbons (Fsp3) is 0.536. The van der Waals surface area contributed by atoms with Crippen LogP contribution in [0.15, 0.2) is 23.9 Å². The molecule has 0 amide bonds. The number of aromatic nitrogens is 2. The first-order valence-corrected chi connectivity index (χ1v) is 13.6. The van der Waals surface area contributed by atoms with Crippen LogP contribution in [0.25, 0.3) is 17.0 Å². The van der Waals surface area contributed by atoms with Crippen LogP contribution in [0.2, 0.25) is 5.02 Å². The number of aliphatic hydroxyl groups is 1. The van der Waals surface area contributed by atoms with E-state index in [1.807, 2.05) is 11.8 Å². The van der Waals surface area contributed by atoms with Gasteiger partial charge in [0.2, 0.25) is 0 Å². The van der Waals surface area contributed by atoms with E-state index in [0.717, 1.165) is 6.42 Å². The number of hydrogen-bond donors (Lipinski definition) is 2. The number of anilines is 1. The molecule has 8 nitrogen and oxygen atoms in total. The van der Waals surface area contributed by atoms with Crippen LogP contribution in [-0.2, 0) is 9.53 Å². The number of ether oxygens (including phenoxy) is 2. The van der Waals surface area contributed by atoms with Crippen LogP contribution in [-0.4, -0.2) is 59.1 Å². The maximum absolute atomic E-state index is 12.6. The third-order valence-corrected chi connectivity index (χ3v) is 7.65. The van der Waals surface area contributed by atoms with E-state index in [-0.39, 0.29) is 29.2 Å². The van der Waals surface area contributed by atoms with Crippen molar-refractivity contribution in [2.45, 2.75) is 71.9 Å². The maximum Gasteiger partial charge on any atom is 0.522 e. The summed E-state index contributed by atoms with van der Waals surface area (Å²) >= 11 is 6.56. The largest absolute Gasteiger partial charge is 0.522 e. The lowest BCUT2D eigenvalue weighted by Gasteiger charge is -2.59. The van der Waals surface area contributed by atoms with E-state index in [1.54, 1.807) is 32.0 Å². The Morgan fingerprint density at radius 1 is 1.27 bits per heavy atom. The number of halogens is 4. The van der Waals surface area contributed by atoms with E-state index in [0.29, 0.717) is 71.5 Å². The van der Waals surface area contributed by atoms with Crippen molar-refractivity contribution in [1.82, 2.24) is 9.97 Å². The van der Waals surface area contributed by atoms with E-state index >= 15 is 0 Å². The van der Waals surface area contributed by atoms with Gasteiger partial charge in [-0.1, -0.05) is 24.9 Å². The van der Waals surface area contributed by atoms with Gasteiger partial charge in [0.05, 0.1) is 28.5 Å². The minimum Gasteiger partial charge on any atom is -0.491 e. The minimum absolute atomic E-state index is 0.110. The van der Waals surface area contributed by atoms with Crippen molar-refractivity contribution in [3.05, 3.63) is 40.2 Å². The zero-order valence-electron chi connectivity index (χ0n) is 22.9. The first kappa shape index (κ1) is 30.1. The Hall–Kier alpha value is -2.89. The van der Waals surface area contributed by atoms with Crippen molar-refractivity contribution in [1.29, 1.82) is 0 Å². The summed E-state index contributed by atoms with van der Waals surface area (Å²) in [6.45, 7) is 7.89. The van der Waals surface area contributed by atoms with Crippen LogP contribution in [0.1, 0.15) is 57.7 Å². The first-order chi connectivity index (χ1) is 18.7. The molecule has 1 saturated heterocycles. The second kappa shape index (κ2) is 11.5. The fourth-order valence-electron chi connectivity index (χ4n) is 5.53. The number of ketones is 1. The molecule has 2 fully saturated rings. The number of rotatable bonds is 10. The summed E-state index contributed by atoms with van der Waals surface area (Å²) in [5.74, 6) is 0.991. The highest BCUT2D eigenvalue weighted by atomic mass is 35.5. The molecule has 2 heterocycles. The van der Waals surface area contributed by atoms with Crippen LogP contribution in [0, 0.1) is 12.3 Å². The summed E-state index contributed by atoms with van der Waals surface area (Å²) < 4.78 is 47.8. The Morgan fingerprint density at radius 2 is 1.95 bits per heavy atom. The van der Waals surface area contributed by atoms with Crippen LogP contribution >= 0.6 is 11.6 Å². The second-order valence-electron chi connectivity index (χ2n) is 10.8. The average molecular weight is 583 g/mol. The number of carbonyl (C=O) groups excluding carboxylic acids is 1. The topological polar surface area (TPSA) is 111 Å². The molecule has 0 bridgehead atoms. The predicted octanol–water partition coefficient (Wildman–Crippen LogP) is 5.43. The SMILES string of the molecule is CCC[C@@H](O)COc1ccc(Cl)c(-c2nc(C(C(C)=O)=C(C)N)c(C)c(N3CC4(CC(OC(F)(F)F)C4)C3)n2)c1. The molecule has 0 radical (unpaired) electrons. The zero-order valence-corrected chi connectivity index (χ0v) is 23.7. The van der Waals surface area contributed by atoms with Crippen molar-refractivity contribution >= 4 is 28.8 Å². The second-order valence-corrected chi connectivity index (χ2v) is 11.2. The number of carbonyl (C=O) groups is 1. The van der Waals surface area contributed by atoms with Crippen molar-refractivity contribution < 1.29 is 32.5 Å². The van der Waals surface area contributed by atoms with Crippen LogP contribution in [0.5, 0.6) is 5.75 Å². The van der Waals surface area contributed by atoms with E-state index < -0.39 is 18.6 Å². The minimum atomic E-state index is -4.65. The number of nitrogens with zero attached hydrogens (tertiary/aromatic N) is 3. The van der Waals surface area contributed by atoms with Crippen molar-refractivity contribution in [3.63, 3.8) is 0 Å². The van der Waals surface area contributed by atoms with Gasteiger partial charge in [-0.25, -0.2) is 9.97 Å². The molecule has 1 aromatic heterocycles. The van der Waals surface area contributed by atoms with Gasteiger partial charge in [0.25, 0.3) is 0 Å². The normalized spacial score (nSPS) is 18.2. The molecule has 1 spiro atoms. The van der Waals surface area contributed by atoms with Crippen LogP contribution < -0.4 is 15.4 Å². The molecule has 3 N–H and O–H groups in total. The van der Waals surface area contributed by atoms with Gasteiger partial charge < -0.3 is 20.5 Å². The Morgan fingerprint density at radius 3 is 2.52 bits per heavy atom. The number of Topliss-reactive ketones (excluding diaryl/α,β-unsaturated/α-hetero) is 1. The quantitative estimate of drug-likeness (QED) is 0.357. The highest BCUT2D eigenvalue weighted by Crippen LogP contribution is 2.52. The lowest BCUT2D eigenvalue weighted by atomic mass is 9.61. The summed E-state index contributed by atoms with van der Waals surface area (Å²) in [4.78, 5) is 24.1. The zero-order chi connectivity index (χ0) is 29.4. The highest BCUT2D eigenvalue weighted by molar-refractivity contribution is 6.33. The Labute approximate surface area is 236 Å². The molecule has 40 heavy (non-hydrogen) atoms. The molecule has 0 unspecified atom stereocenters. The molecular weight excluding hydrogens is 549 g/mol. The van der Waals surface area contributed by atoms with E-state index in [9.17, 15) is 23.1 Å². The number of alkyl halides is 3. The van der Waals surface area contributed by atoms with Gasteiger partial charge in [-0.05, 0) is 58.2 Å². The number of nitrogens with two attached hydrogens (primary N) is 1. The van der Waals surface area contributed by atoms with Crippen LogP contribution in [0.4, 0.5) is 19.0 Å². The summed E-state index contributed by atoms with van der Waals surface area (Å²) in [6, 6.07) is 5.00. The molecule has 1 atom stereocenters. The van der Waals surface area contributed by atoms with Crippen LogP contribution in [0.3, 0.4) is 0 Å². The lowest BCUT2D eigenvalue weighted by Crippen LogP contribution is -2.65. The first-order valence-electron chi connectivity index (χ1n) is 13.2. The Kier molecular flexibility index (Phi) is 8.68. The number of benzene rings is 1. The number of allylic oxidation sites excluding steroid dienone is 2. The van der Waals surface area contributed by atoms with Gasteiger partial charge in [0, 0.05) is 35.3 Å². The fourth-order valence-corrected chi connectivity index (χ4v) is 5.73. The molecule has 1 aliphatic heterocycles. The van der Waals surface area contributed by atoms with Gasteiger partial charge in [0.15, 0.2) is 11.6 Å². The number of aliphatic hydroxyl groups excluding tert-OH is 1. The van der Waals surface area contributed by atoms with Gasteiger partial charge in [-0.2, -0.15) is 0 Å². The van der Waals surface area contributed by atoms with E-state index in [4.69, 9.17) is 32.0 Å². The van der Waals surface area contributed by atoms with Crippen molar-refractivity contribution in [2.75, 3.05) is 24.6 Å². The molecular formula is C28H34ClF3N4O4. The summed E-state index contributed by atoms with van der Waals surface area (Å²) in [5.41, 5.74) is 7.82. The third kappa shape index (κ3) is 6.53. The molecule has 12 heteroatoms. The highest BCUT2D eigenvalue weighted by Gasteiger charge is 2.55. The molecule has 2 aliphatic rings. The smallest absolute Gasteiger partial charge is 0.491 e. The van der Waals surface area contributed by atoms with Crippen molar-refractivity contribution in [3.8, 4) is 17.1 Å². The number of hydrogen-bond acceptors (Lipinski definition) is 8. The van der Waals surface area contributed by atoms with E-state index in [2.05, 4.69) is 4.74 Å². The van der Waals surface area contributed by atoms with Crippen molar-refractivity contribution in [2.24, 2.45) is 11.1 Å². The summed E-state index contributed by atoms with van der Waals surface area (Å²) in [7, 11) is 0. The third-order valence-electron chi connectivity index (χ3n) is 7.32. The maximum atomic E-state index is 12.6. The standard InChI is InChI=1S/C28H34ClF3N4O4/c1-5-6-18(38)12-39-19-7-8-22(29)21(9-19)25-34-24(23(16(3)33)17(4)37)15(2)26(35-25)36-13-27(14-36)10-20(11-27)40-28(30,31)32/h7-9,18,20,38H,5-6,10-14,33H2,1-4H3/t18-/m1/s1. The van der Waals surface area contributed by atoms with E-state index in [1.165, 1.54) is 6.92 Å². The predicted molar refractivity (Wildman–Crippen MR) is 146 cm³/mol. The van der Waals surface area contributed by atoms with Gasteiger partial charge in [0.1, 0.15) is 18.2 Å².